The lowest BCUT2D eigenvalue weighted by Gasteiger charge is -2.23. The van der Waals surface area contributed by atoms with Crippen molar-refractivity contribution in [2.45, 2.75) is 43.3 Å². The van der Waals surface area contributed by atoms with E-state index in [1.54, 1.807) is 0 Å². The summed E-state index contributed by atoms with van der Waals surface area (Å²) in [7, 11) is 0. The second-order valence-electron chi connectivity index (χ2n) is 5.40. The Morgan fingerprint density at radius 1 is 1.29 bits per heavy atom. The number of nitrogens with one attached hydrogen (secondary N) is 1. The van der Waals surface area contributed by atoms with Crippen LogP contribution in [0.1, 0.15) is 32.8 Å². The molecule has 24 heavy (non-hydrogen) atoms. The first-order valence-corrected chi connectivity index (χ1v) is 9.90. The molecular weight excluding hydrogens is 340 g/mol. The van der Waals surface area contributed by atoms with Crippen molar-refractivity contribution >= 4 is 34.1 Å². The topological polar surface area (TPSA) is 58.1 Å². The number of anilines is 1. The van der Waals surface area contributed by atoms with Gasteiger partial charge < -0.3 is 10.2 Å². The lowest BCUT2D eigenvalue weighted by molar-refractivity contribution is -0.130. The predicted molar refractivity (Wildman–Crippen MR) is 102 cm³/mol. The van der Waals surface area contributed by atoms with Gasteiger partial charge in [-0.05, 0) is 25.8 Å². The number of amides is 1. The molecule has 1 heterocycles. The average molecular weight is 365 g/mol. The fourth-order valence-corrected chi connectivity index (χ4v) is 4.17. The molecule has 2 rings (SSSR count). The molecule has 1 aromatic heterocycles. The minimum Gasteiger partial charge on any atom is -0.360 e. The first-order valence-electron chi connectivity index (χ1n) is 8.20. The van der Waals surface area contributed by atoms with Gasteiger partial charge in [-0.1, -0.05) is 60.4 Å². The van der Waals surface area contributed by atoms with Crippen molar-refractivity contribution in [3.8, 4) is 0 Å². The summed E-state index contributed by atoms with van der Waals surface area (Å²) >= 11 is 2.97. The third kappa shape index (κ3) is 5.49. The lowest BCUT2D eigenvalue weighted by atomic mass is 10.2. The van der Waals surface area contributed by atoms with Crippen LogP contribution >= 0.6 is 23.1 Å². The molecule has 1 unspecified atom stereocenters. The molecule has 5 nitrogen and oxygen atoms in total. The molecule has 0 radical (unpaired) electrons. The molecule has 0 aliphatic carbocycles. The maximum absolute atomic E-state index is 12.7. The van der Waals surface area contributed by atoms with E-state index in [0.717, 1.165) is 28.0 Å². The number of carbonyl (C=O) groups excluding carboxylic acids is 1. The van der Waals surface area contributed by atoms with E-state index in [4.69, 9.17) is 0 Å². The van der Waals surface area contributed by atoms with Crippen molar-refractivity contribution in [3.63, 3.8) is 0 Å². The van der Waals surface area contributed by atoms with Crippen molar-refractivity contribution in [1.29, 1.82) is 0 Å². The summed E-state index contributed by atoms with van der Waals surface area (Å²) in [5, 5.41) is 12.1. The van der Waals surface area contributed by atoms with Gasteiger partial charge in [0.05, 0.1) is 5.25 Å². The van der Waals surface area contributed by atoms with Crippen LogP contribution in [0.15, 0.2) is 34.7 Å². The Bertz CT molecular complexity index is 633. The van der Waals surface area contributed by atoms with Gasteiger partial charge in [0.25, 0.3) is 0 Å². The molecule has 0 aliphatic rings. The smallest absolute Gasteiger partial charge is 0.236 e. The highest BCUT2D eigenvalue weighted by molar-refractivity contribution is 8.02. The third-order valence-corrected chi connectivity index (χ3v) is 5.52. The Labute approximate surface area is 151 Å². The van der Waals surface area contributed by atoms with E-state index in [-0.39, 0.29) is 11.2 Å². The average Bonchev–Trinajstić information content (AvgIpc) is 3.05. The minimum atomic E-state index is -0.180. The first kappa shape index (κ1) is 18.7. The standard InChI is InChI=1S/C17H24N4OS2/c1-4-11-18-16-19-20-17(24-16)23-13(3)15(22)21(5-2)12-14-9-7-6-8-10-14/h6-10,13H,4-5,11-12H2,1-3H3,(H,18,19). The Hall–Kier alpha value is -1.60. The van der Waals surface area contributed by atoms with Gasteiger partial charge in [-0.25, -0.2) is 0 Å². The maximum Gasteiger partial charge on any atom is 0.236 e. The van der Waals surface area contributed by atoms with E-state index in [2.05, 4.69) is 22.4 Å². The highest BCUT2D eigenvalue weighted by Gasteiger charge is 2.22. The van der Waals surface area contributed by atoms with Crippen LogP contribution in [0.4, 0.5) is 5.13 Å². The monoisotopic (exact) mass is 364 g/mol. The number of hydrogen-bond donors (Lipinski definition) is 1. The van der Waals surface area contributed by atoms with E-state index in [1.807, 2.05) is 49.1 Å². The molecule has 7 heteroatoms. The molecule has 1 N–H and O–H groups in total. The van der Waals surface area contributed by atoms with Gasteiger partial charge in [0, 0.05) is 19.6 Å². The van der Waals surface area contributed by atoms with Gasteiger partial charge in [0.15, 0.2) is 4.34 Å². The van der Waals surface area contributed by atoms with Crippen LogP contribution in [-0.4, -0.2) is 39.3 Å². The Balaban J connectivity index is 1.93. The fourth-order valence-electron chi connectivity index (χ4n) is 2.17. The normalized spacial score (nSPS) is 12.0. The van der Waals surface area contributed by atoms with Gasteiger partial charge in [-0.3, -0.25) is 4.79 Å². The summed E-state index contributed by atoms with van der Waals surface area (Å²) in [5.74, 6) is 0.129. The first-order chi connectivity index (χ1) is 11.6. The molecule has 1 atom stereocenters. The number of hydrogen-bond acceptors (Lipinski definition) is 6. The van der Waals surface area contributed by atoms with Crippen molar-refractivity contribution in [1.82, 2.24) is 15.1 Å². The molecule has 0 spiro atoms. The number of rotatable bonds is 9. The van der Waals surface area contributed by atoms with Crippen molar-refractivity contribution < 1.29 is 4.79 Å². The second kappa shape index (κ2) is 9.64. The highest BCUT2D eigenvalue weighted by Crippen LogP contribution is 2.29. The fraction of sp³-hybridized carbons (Fsp3) is 0.471. The van der Waals surface area contributed by atoms with Crippen molar-refractivity contribution in [2.24, 2.45) is 0 Å². The van der Waals surface area contributed by atoms with Crippen LogP contribution in [0, 0.1) is 0 Å². The molecule has 0 saturated carbocycles. The molecule has 0 fully saturated rings. The molecule has 1 amide bonds. The Kier molecular flexibility index (Phi) is 7.52. The molecule has 0 saturated heterocycles. The van der Waals surface area contributed by atoms with Gasteiger partial charge in [-0.15, -0.1) is 10.2 Å². The van der Waals surface area contributed by atoms with E-state index in [0.29, 0.717) is 13.1 Å². The number of benzene rings is 1. The summed E-state index contributed by atoms with van der Waals surface area (Å²) in [6, 6.07) is 10.1. The zero-order valence-electron chi connectivity index (χ0n) is 14.4. The highest BCUT2D eigenvalue weighted by atomic mass is 32.2. The van der Waals surface area contributed by atoms with Gasteiger partial charge in [0.2, 0.25) is 11.0 Å². The number of thioether (sulfide) groups is 1. The second-order valence-corrected chi connectivity index (χ2v) is 7.96. The van der Waals surface area contributed by atoms with Gasteiger partial charge >= 0.3 is 0 Å². The summed E-state index contributed by atoms with van der Waals surface area (Å²) < 4.78 is 0.824. The summed E-state index contributed by atoms with van der Waals surface area (Å²) in [4.78, 5) is 14.6. The van der Waals surface area contributed by atoms with E-state index in [1.165, 1.54) is 23.1 Å². The van der Waals surface area contributed by atoms with Gasteiger partial charge in [0.1, 0.15) is 0 Å². The Morgan fingerprint density at radius 3 is 2.71 bits per heavy atom. The van der Waals surface area contributed by atoms with E-state index < -0.39 is 0 Å². The van der Waals surface area contributed by atoms with Gasteiger partial charge in [-0.2, -0.15) is 0 Å². The summed E-state index contributed by atoms with van der Waals surface area (Å²) in [6.07, 6.45) is 1.04. The summed E-state index contributed by atoms with van der Waals surface area (Å²) in [5.41, 5.74) is 1.15. The number of carbonyl (C=O) groups is 1. The largest absolute Gasteiger partial charge is 0.360 e. The maximum atomic E-state index is 12.7. The molecule has 130 valence electrons. The number of nitrogens with zero attached hydrogens (tertiary/aromatic N) is 3. The van der Waals surface area contributed by atoms with Crippen molar-refractivity contribution in [2.75, 3.05) is 18.4 Å². The van der Waals surface area contributed by atoms with Crippen LogP contribution in [0.25, 0.3) is 0 Å². The molecule has 2 aromatic rings. The van der Waals surface area contributed by atoms with Crippen LogP contribution < -0.4 is 5.32 Å². The number of aromatic nitrogens is 2. The molecule has 0 aliphatic heterocycles. The van der Waals surface area contributed by atoms with Crippen LogP contribution in [-0.2, 0) is 11.3 Å². The Morgan fingerprint density at radius 2 is 2.04 bits per heavy atom. The van der Waals surface area contributed by atoms with Crippen LogP contribution in [0.5, 0.6) is 0 Å². The SMILES string of the molecule is CCCNc1nnc(SC(C)C(=O)N(CC)Cc2ccccc2)s1. The molecule has 0 bridgehead atoms. The minimum absolute atomic E-state index is 0.129. The zero-order valence-corrected chi connectivity index (χ0v) is 16.0. The zero-order chi connectivity index (χ0) is 17.4. The van der Waals surface area contributed by atoms with E-state index in [9.17, 15) is 4.79 Å². The van der Waals surface area contributed by atoms with Crippen molar-refractivity contribution in [3.05, 3.63) is 35.9 Å². The van der Waals surface area contributed by atoms with Crippen LogP contribution in [0.3, 0.4) is 0 Å². The van der Waals surface area contributed by atoms with E-state index >= 15 is 0 Å². The molecular formula is C17H24N4OS2. The van der Waals surface area contributed by atoms with Crippen LogP contribution in [0.2, 0.25) is 0 Å². The summed E-state index contributed by atoms with van der Waals surface area (Å²) in [6.45, 7) is 8.26. The third-order valence-electron chi connectivity index (χ3n) is 3.47. The predicted octanol–water partition coefficient (Wildman–Crippen LogP) is 3.89. The molecule has 1 aromatic carbocycles. The lowest BCUT2D eigenvalue weighted by Crippen LogP contribution is -2.35. The quantitative estimate of drug-likeness (QED) is 0.684.